The molecule has 0 aliphatic rings. The van der Waals surface area contributed by atoms with Crippen LogP contribution in [0.3, 0.4) is 0 Å². The Bertz CT molecular complexity index is 929. The molecule has 0 spiro atoms. The Labute approximate surface area is 132 Å². The molecule has 0 aliphatic heterocycles. The van der Waals surface area contributed by atoms with Gasteiger partial charge in [0.05, 0.1) is 19.7 Å². The SMILES string of the molecule is COC(=O)c1cc(=O)c2cc(-c3ccccc3)cc(OC)c2[nH]1. The van der Waals surface area contributed by atoms with E-state index in [4.69, 9.17) is 4.74 Å². The highest BCUT2D eigenvalue weighted by atomic mass is 16.5. The summed E-state index contributed by atoms with van der Waals surface area (Å²) in [7, 11) is 2.78. The molecular weight excluding hydrogens is 294 g/mol. The Balaban J connectivity index is 2.29. The van der Waals surface area contributed by atoms with Crippen LogP contribution in [0.25, 0.3) is 22.0 Å². The number of hydrogen-bond donors (Lipinski definition) is 1. The molecule has 0 aliphatic carbocycles. The molecule has 2 aromatic carbocycles. The first-order valence-electron chi connectivity index (χ1n) is 7.03. The zero-order valence-electron chi connectivity index (χ0n) is 12.8. The number of ether oxygens (including phenoxy) is 2. The largest absolute Gasteiger partial charge is 0.495 e. The number of H-pyrrole nitrogens is 1. The van der Waals surface area contributed by atoms with Gasteiger partial charge in [0.25, 0.3) is 0 Å². The predicted molar refractivity (Wildman–Crippen MR) is 87.9 cm³/mol. The van der Waals surface area contributed by atoms with Gasteiger partial charge in [0, 0.05) is 11.5 Å². The molecule has 0 saturated carbocycles. The molecule has 0 atom stereocenters. The average Bonchev–Trinajstić information content (AvgIpc) is 2.60. The molecule has 5 nitrogen and oxygen atoms in total. The smallest absolute Gasteiger partial charge is 0.354 e. The van der Waals surface area contributed by atoms with Gasteiger partial charge in [-0.05, 0) is 23.3 Å². The van der Waals surface area contributed by atoms with Gasteiger partial charge in [-0.25, -0.2) is 4.79 Å². The molecule has 0 saturated heterocycles. The number of fused-ring (bicyclic) bond motifs is 1. The Morgan fingerprint density at radius 3 is 2.39 bits per heavy atom. The average molecular weight is 309 g/mol. The van der Waals surface area contributed by atoms with Crippen LogP contribution in [0.15, 0.2) is 53.3 Å². The second-order valence-corrected chi connectivity index (χ2v) is 5.01. The second kappa shape index (κ2) is 5.96. The van der Waals surface area contributed by atoms with Crippen molar-refractivity contribution in [2.75, 3.05) is 14.2 Å². The fourth-order valence-electron chi connectivity index (χ4n) is 2.50. The van der Waals surface area contributed by atoms with Gasteiger partial charge in [-0.1, -0.05) is 30.3 Å². The molecule has 3 rings (SSSR count). The summed E-state index contributed by atoms with van der Waals surface area (Å²) in [6, 6.07) is 14.5. The third kappa shape index (κ3) is 2.68. The number of aromatic nitrogens is 1. The van der Waals surface area contributed by atoms with Gasteiger partial charge < -0.3 is 14.5 Å². The highest BCUT2D eigenvalue weighted by molar-refractivity contribution is 5.94. The number of nitrogens with one attached hydrogen (secondary N) is 1. The van der Waals surface area contributed by atoms with Gasteiger partial charge in [0.2, 0.25) is 0 Å². The summed E-state index contributed by atoms with van der Waals surface area (Å²) in [5.41, 5.74) is 2.14. The van der Waals surface area contributed by atoms with Crippen molar-refractivity contribution in [3.8, 4) is 16.9 Å². The maximum Gasteiger partial charge on any atom is 0.354 e. The molecule has 0 amide bonds. The van der Waals surface area contributed by atoms with Crippen molar-refractivity contribution in [1.82, 2.24) is 4.98 Å². The highest BCUT2D eigenvalue weighted by Crippen LogP contribution is 2.30. The molecule has 116 valence electrons. The minimum atomic E-state index is -0.599. The van der Waals surface area contributed by atoms with Crippen molar-refractivity contribution in [2.24, 2.45) is 0 Å². The first-order valence-corrected chi connectivity index (χ1v) is 7.03. The zero-order valence-corrected chi connectivity index (χ0v) is 12.8. The van der Waals surface area contributed by atoms with Gasteiger partial charge in [0.15, 0.2) is 5.43 Å². The lowest BCUT2D eigenvalue weighted by Crippen LogP contribution is -2.12. The number of aromatic amines is 1. The van der Waals surface area contributed by atoms with Crippen molar-refractivity contribution in [1.29, 1.82) is 0 Å². The van der Waals surface area contributed by atoms with Gasteiger partial charge in [-0.15, -0.1) is 0 Å². The normalized spacial score (nSPS) is 10.5. The van der Waals surface area contributed by atoms with Crippen molar-refractivity contribution in [3.05, 3.63) is 64.4 Å². The number of carbonyl (C=O) groups excluding carboxylic acids is 1. The first kappa shape index (κ1) is 14.8. The number of pyridine rings is 1. The maximum atomic E-state index is 12.4. The summed E-state index contributed by atoms with van der Waals surface area (Å²) in [5, 5.41) is 0.454. The summed E-state index contributed by atoms with van der Waals surface area (Å²) in [4.78, 5) is 27.0. The van der Waals surface area contributed by atoms with E-state index in [2.05, 4.69) is 9.72 Å². The van der Waals surface area contributed by atoms with E-state index < -0.39 is 5.97 Å². The molecule has 1 N–H and O–H groups in total. The third-order valence-corrected chi connectivity index (χ3v) is 3.64. The number of hydrogen-bond acceptors (Lipinski definition) is 4. The topological polar surface area (TPSA) is 68.4 Å². The predicted octanol–water partition coefficient (Wildman–Crippen LogP) is 2.99. The van der Waals surface area contributed by atoms with Gasteiger partial charge in [0.1, 0.15) is 11.4 Å². The molecule has 1 aromatic heterocycles. The lowest BCUT2D eigenvalue weighted by Gasteiger charge is -2.10. The number of methoxy groups -OCH3 is 2. The van der Waals surface area contributed by atoms with Gasteiger partial charge in [-0.2, -0.15) is 0 Å². The first-order chi connectivity index (χ1) is 11.1. The quantitative estimate of drug-likeness (QED) is 0.755. The molecule has 5 heteroatoms. The third-order valence-electron chi connectivity index (χ3n) is 3.64. The molecule has 0 bridgehead atoms. The molecule has 1 heterocycles. The van der Waals surface area contributed by atoms with Crippen LogP contribution in [0.5, 0.6) is 5.75 Å². The Kier molecular flexibility index (Phi) is 3.85. The summed E-state index contributed by atoms with van der Waals surface area (Å²) >= 11 is 0. The van der Waals surface area contributed by atoms with Gasteiger partial charge >= 0.3 is 5.97 Å². The van der Waals surface area contributed by atoms with E-state index in [9.17, 15) is 9.59 Å². The van der Waals surface area contributed by atoms with Crippen molar-refractivity contribution >= 4 is 16.9 Å². The van der Waals surface area contributed by atoms with Crippen LogP contribution in [0.1, 0.15) is 10.5 Å². The van der Waals surface area contributed by atoms with E-state index in [0.29, 0.717) is 16.7 Å². The molecule has 0 unspecified atom stereocenters. The van der Waals surface area contributed by atoms with Gasteiger partial charge in [-0.3, -0.25) is 4.79 Å². The number of esters is 1. The van der Waals surface area contributed by atoms with E-state index >= 15 is 0 Å². The molecule has 0 fully saturated rings. The van der Waals surface area contributed by atoms with E-state index in [1.807, 2.05) is 36.4 Å². The van der Waals surface area contributed by atoms with E-state index in [-0.39, 0.29) is 11.1 Å². The van der Waals surface area contributed by atoms with E-state index in [1.165, 1.54) is 20.3 Å². The monoisotopic (exact) mass is 309 g/mol. The second-order valence-electron chi connectivity index (χ2n) is 5.01. The maximum absolute atomic E-state index is 12.4. The summed E-state index contributed by atoms with van der Waals surface area (Å²) in [6.07, 6.45) is 0. The Morgan fingerprint density at radius 1 is 1.00 bits per heavy atom. The fraction of sp³-hybridized carbons (Fsp3) is 0.111. The van der Waals surface area contributed by atoms with E-state index in [1.54, 1.807) is 6.07 Å². The van der Waals surface area contributed by atoms with Crippen LogP contribution < -0.4 is 10.2 Å². The van der Waals surface area contributed by atoms with Crippen LogP contribution >= 0.6 is 0 Å². The standard InChI is InChI=1S/C18H15NO4/c1-22-16-9-12(11-6-4-3-5-7-11)8-13-15(20)10-14(18(21)23-2)19-17(13)16/h3-10H,1-2H3,(H,19,20). The highest BCUT2D eigenvalue weighted by Gasteiger charge is 2.14. The summed E-state index contributed by atoms with van der Waals surface area (Å²) < 4.78 is 10.0. The fourth-order valence-corrected chi connectivity index (χ4v) is 2.50. The lowest BCUT2D eigenvalue weighted by molar-refractivity contribution is 0.0594. The van der Waals surface area contributed by atoms with Crippen LogP contribution in [-0.4, -0.2) is 25.2 Å². The van der Waals surface area contributed by atoms with Crippen LogP contribution in [0, 0.1) is 0 Å². The number of carbonyl (C=O) groups is 1. The molecule has 0 radical (unpaired) electrons. The van der Waals surface area contributed by atoms with Crippen molar-refractivity contribution < 1.29 is 14.3 Å². The Morgan fingerprint density at radius 2 is 1.74 bits per heavy atom. The molecule has 23 heavy (non-hydrogen) atoms. The van der Waals surface area contributed by atoms with Crippen LogP contribution in [0.4, 0.5) is 0 Å². The minimum absolute atomic E-state index is 0.0933. The van der Waals surface area contributed by atoms with Crippen molar-refractivity contribution in [3.63, 3.8) is 0 Å². The Hall–Kier alpha value is -3.08. The van der Waals surface area contributed by atoms with Crippen LogP contribution in [0.2, 0.25) is 0 Å². The number of rotatable bonds is 3. The zero-order chi connectivity index (χ0) is 16.4. The van der Waals surface area contributed by atoms with Crippen molar-refractivity contribution in [2.45, 2.75) is 0 Å². The summed E-state index contributed by atoms with van der Waals surface area (Å²) in [6.45, 7) is 0. The number of benzene rings is 2. The lowest BCUT2D eigenvalue weighted by atomic mass is 10.0. The van der Waals surface area contributed by atoms with Crippen LogP contribution in [-0.2, 0) is 4.74 Å². The van der Waals surface area contributed by atoms with E-state index in [0.717, 1.165) is 11.1 Å². The molecule has 3 aromatic rings. The molecular formula is C18H15NO4. The minimum Gasteiger partial charge on any atom is -0.495 e. The summed E-state index contributed by atoms with van der Waals surface area (Å²) in [5.74, 6) is -0.109.